The number of amides is 2. The lowest BCUT2D eigenvalue weighted by Gasteiger charge is -2.18. The number of hydrogen-bond acceptors (Lipinski definition) is 3. The van der Waals surface area contributed by atoms with Crippen LogP contribution in [0.15, 0.2) is 60.0 Å². The van der Waals surface area contributed by atoms with Crippen molar-refractivity contribution in [3.63, 3.8) is 0 Å². The van der Waals surface area contributed by atoms with Crippen LogP contribution in [0.1, 0.15) is 22.5 Å². The second kappa shape index (κ2) is 7.94. The van der Waals surface area contributed by atoms with Gasteiger partial charge in [-0.05, 0) is 40.8 Å². The highest BCUT2D eigenvalue weighted by molar-refractivity contribution is 7.12. The summed E-state index contributed by atoms with van der Waals surface area (Å²) in [6, 6.07) is 17.7. The minimum atomic E-state index is -0.0784. The van der Waals surface area contributed by atoms with Crippen LogP contribution in [0.25, 0.3) is 10.8 Å². The summed E-state index contributed by atoms with van der Waals surface area (Å²) in [6.45, 7) is 0.494. The van der Waals surface area contributed by atoms with E-state index in [2.05, 4.69) is 11.4 Å². The molecule has 0 unspecified atom stereocenters. The first kappa shape index (κ1) is 17.2. The van der Waals surface area contributed by atoms with Crippen LogP contribution < -0.4 is 10.2 Å². The van der Waals surface area contributed by atoms with E-state index in [4.69, 9.17) is 0 Å². The van der Waals surface area contributed by atoms with E-state index >= 15 is 0 Å². The molecular weight excluding hydrogens is 332 g/mol. The minimum Gasteiger partial charge on any atom is -0.351 e. The molecule has 0 saturated carbocycles. The predicted molar refractivity (Wildman–Crippen MR) is 103 cm³/mol. The summed E-state index contributed by atoms with van der Waals surface area (Å²) < 4.78 is 0. The molecule has 1 heterocycles. The fourth-order valence-electron chi connectivity index (χ4n) is 2.63. The Labute approximate surface area is 151 Å². The van der Waals surface area contributed by atoms with Crippen LogP contribution in [-0.4, -0.2) is 25.4 Å². The van der Waals surface area contributed by atoms with E-state index in [1.165, 1.54) is 11.3 Å². The number of nitrogens with one attached hydrogen (secondary N) is 1. The molecule has 3 aromatic rings. The topological polar surface area (TPSA) is 49.4 Å². The molecule has 3 rings (SSSR count). The molecule has 25 heavy (non-hydrogen) atoms. The highest BCUT2D eigenvalue weighted by Crippen LogP contribution is 2.21. The summed E-state index contributed by atoms with van der Waals surface area (Å²) in [4.78, 5) is 26.6. The average molecular weight is 352 g/mol. The Morgan fingerprint density at radius 2 is 1.84 bits per heavy atom. The number of nitrogens with zero attached hydrogens (tertiary/aromatic N) is 1. The number of anilines is 1. The molecule has 0 aliphatic rings. The molecule has 128 valence electrons. The molecule has 1 N–H and O–H groups in total. The van der Waals surface area contributed by atoms with Gasteiger partial charge in [0.05, 0.1) is 4.88 Å². The lowest BCUT2D eigenvalue weighted by Crippen LogP contribution is -2.28. The number of rotatable bonds is 6. The van der Waals surface area contributed by atoms with E-state index in [1.54, 1.807) is 18.0 Å². The molecule has 0 aliphatic heterocycles. The third kappa shape index (κ3) is 4.25. The van der Waals surface area contributed by atoms with Gasteiger partial charge in [0, 0.05) is 25.7 Å². The van der Waals surface area contributed by atoms with E-state index in [-0.39, 0.29) is 11.8 Å². The van der Waals surface area contributed by atoms with Gasteiger partial charge < -0.3 is 10.2 Å². The number of carbonyl (C=O) groups excluding carboxylic acids is 2. The Kier molecular flexibility index (Phi) is 5.46. The zero-order chi connectivity index (χ0) is 17.6. The van der Waals surface area contributed by atoms with Gasteiger partial charge >= 0.3 is 0 Å². The minimum absolute atomic E-state index is 0.0423. The molecule has 0 bridgehead atoms. The molecule has 1 aromatic heterocycles. The van der Waals surface area contributed by atoms with Crippen LogP contribution >= 0.6 is 11.3 Å². The number of carbonyl (C=O) groups is 2. The Balaban J connectivity index is 1.51. The van der Waals surface area contributed by atoms with Crippen molar-refractivity contribution in [3.05, 3.63) is 64.9 Å². The lowest BCUT2D eigenvalue weighted by molar-refractivity contribution is -0.118. The van der Waals surface area contributed by atoms with Gasteiger partial charge in [0.1, 0.15) is 0 Å². The highest BCUT2D eigenvalue weighted by atomic mass is 32.1. The SMILES string of the molecule is CN(C(=O)CCCNC(=O)c1cccs1)c1ccc2ccccc2c1. The average Bonchev–Trinajstić information content (AvgIpc) is 3.18. The first-order valence-electron chi connectivity index (χ1n) is 8.22. The molecule has 2 aromatic carbocycles. The normalized spacial score (nSPS) is 10.6. The summed E-state index contributed by atoms with van der Waals surface area (Å²) >= 11 is 1.41. The zero-order valence-electron chi connectivity index (χ0n) is 14.1. The molecule has 2 amide bonds. The van der Waals surface area contributed by atoms with Crippen LogP contribution in [0, 0.1) is 0 Å². The second-order valence-electron chi connectivity index (χ2n) is 5.82. The molecule has 0 aliphatic carbocycles. The second-order valence-corrected chi connectivity index (χ2v) is 6.77. The van der Waals surface area contributed by atoms with Crippen LogP contribution in [0.3, 0.4) is 0 Å². The fraction of sp³-hybridized carbons (Fsp3) is 0.200. The third-order valence-electron chi connectivity index (χ3n) is 4.09. The fourth-order valence-corrected chi connectivity index (χ4v) is 3.27. The third-order valence-corrected chi connectivity index (χ3v) is 4.96. The summed E-state index contributed by atoms with van der Waals surface area (Å²) in [5, 5.41) is 6.99. The zero-order valence-corrected chi connectivity index (χ0v) is 14.9. The first-order chi connectivity index (χ1) is 12.1. The van der Waals surface area contributed by atoms with E-state index in [9.17, 15) is 9.59 Å². The monoisotopic (exact) mass is 352 g/mol. The smallest absolute Gasteiger partial charge is 0.261 e. The maximum Gasteiger partial charge on any atom is 0.261 e. The molecule has 4 nitrogen and oxygen atoms in total. The number of fused-ring (bicyclic) bond motifs is 1. The Hall–Kier alpha value is -2.66. The van der Waals surface area contributed by atoms with E-state index in [1.807, 2.05) is 47.8 Å². The number of benzene rings is 2. The van der Waals surface area contributed by atoms with Crippen LogP contribution in [0.5, 0.6) is 0 Å². The van der Waals surface area contributed by atoms with Crippen molar-refractivity contribution in [2.75, 3.05) is 18.5 Å². The summed E-state index contributed by atoms with van der Waals surface area (Å²) in [5.74, 6) is -0.0361. The van der Waals surface area contributed by atoms with Gasteiger partial charge in [0.2, 0.25) is 5.91 Å². The molecular formula is C20H20N2O2S. The van der Waals surface area contributed by atoms with Crippen LogP contribution in [0.2, 0.25) is 0 Å². The van der Waals surface area contributed by atoms with Crippen molar-refractivity contribution in [1.29, 1.82) is 0 Å². The van der Waals surface area contributed by atoms with Gasteiger partial charge in [0.15, 0.2) is 0 Å². The van der Waals surface area contributed by atoms with Crippen LogP contribution in [0.4, 0.5) is 5.69 Å². The van der Waals surface area contributed by atoms with Crippen molar-refractivity contribution in [3.8, 4) is 0 Å². The summed E-state index contributed by atoms with van der Waals surface area (Å²) in [7, 11) is 1.79. The predicted octanol–water partition coefficient (Wildman–Crippen LogP) is 4.07. The van der Waals surface area contributed by atoms with Crippen molar-refractivity contribution >= 4 is 39.6 Å². The van der Waals surface area contributed by atoms with Crippen molar-refractivity contribution < 1.29 is 9.59 Å². The molecule has 0 saturated heterocycles. The first-order valence-corrected chi connectivity index (χ1v) is 9.10. The highest BCUT2D eigenvalue weighted by Gasteiger charge is 2.12. The van der Waals surface area contributed by atoms with Crippen molar-refractivity contribution in [2.45, 2.75) is 12.8 Å². The van der Waals surface area contributed by atoms with E-state index in [0.29, 0.717) is 24.3 Å². The molecule has 0 spiro atoms. The maximum atomic E-state index is 12.4. The summed E-state index contributed by atoms with van der Waals surface area (Å²) in [5.41, 5.74) is 0.881. The number of hydrogen-bond donors (Lipinski definition) is 1. The van der Waals surface area contributed by atoms with Gasteiger partial charge in [-0.15, -0.1) is 11.3 Å². The molecule has 0 atom stereocenters. The van der Waals surface area contributed by atoms with Gasteiger partial charge in [-0.1, -0.05) is 36.4 Å². The Morgan fingerprint density at radius 3 is 2.60 bits per heavy atom. The largest absolute Gasteiger partial charge is 0.351 e. The van der Waals surface area contributed by atoms with Gasteiger partial charge in [-0.3, -0.25) is 9.59 Å². The molecule has 0 radical (unpaired) electrons. The number of thiophene rings is 1. The molecule has 0 fully saturated rings. The Morgan fingerprint density at radius 1 is 1.04 bits per heavy atom. The van der Waals surface area contributed by atoms with Crippen molar-refractivity contribution in [1.82, 2.24) is 5.32 Å². The van der Waals surface area contributed by atoms with Crippen molar-refractivity contribution in [2.24, 2.45) is 0 Å². The Bertz CT molecular complexity index is 874. The quantitative estimate of drug-likeness (QED) is 0.680. The summed E-state index contributed by atoms with van der Waals surface area (Å²) in [6.07, 6.45) is 1.02. The van der Waals surface area contributed by atoms with E-state index in [0.717, 1.165) is 16.5 Å². The van der Waals surface area contributed by atoms with Gasteiger partial charge in [-0.2, -0.15) is 0 Å². The van der Waals surface area contributed by atoms with Gasteiger partial charge in [0.25, 0.3) is 5.91 Å². The molecule has 5 heteroatoms. The van der Waals surface area contributed by atoms with Gasteiger partial charge in [-0.25, -0.2) is 0 Å². The van der Waals surface area contributed by atoms with Crippen LogP contribution in [-0.2, 0) is 4.79 Å². The maximum absolute atomic E-state index is 12.4. The standard InChI is InChI=1S/C20H20N2O2S/c1-22(17-11-10-15-6-2-3-7-16(15)14-17)19(23)9-4-12-21-20(24)18-8-5-13-25-18/h2-3,5-8,10-11,13-14H,4,9,12H2,1H3,(H,21,24). The van der Waals surface area contributed by atoms with E-state index < -0.39 is 0 Å². The lowest BCUT2D eigenvalue weighted by atomic mass is 10.1.